The fraction of sp³-hybridized carbons (Fsp3) is 0.375. The highest BCUT2D eigenvalue weighted by Gasteiger charge is 2.09. The number of alkyl halides is 1. The molecule has 0 fully saturated rings. The van der Waals surface area contributed by atoms with Gasteiger partial charge in [0.1, 0.15) is 18.2 Å². The zero-order chi connectivity index (χ0) is 11.7. The molecule has 0 aliphatic rings. The third-order valence-corrected chi connectivity index (χ3v) is 1.44. The number of amides is 1. The maximum atomic E-state index is 11.1. The Hall–Kier alpha value is -1.74. The van der Waals surface area contributed by atoms with E-state index in [1.807, 2.05) is 0 Å². The van der Waals surface area contributed by atoms with Gasteiger partial charge in [0.25, 0.3) is 5.91 Å². The molecular formula is C8H10ClN3O3. The number of hydrogen-bond donors (Lipinski definition) is 3. The highest BCUT2D eigenvalue weighted by atomic mass is 35.5. The largest absolute Gasteiger partial charge is 0.480 e. The van der Waals surface area contributed by atoms with E-state index in [-0.39, 0.29) is 5.57 Å². The van der Waals surface area contributed by atoms with Gasteiger partial charge in [-0.2, -0.15) is 5.26 Å². The summed E-state index contributed by atoms with van der Waals surface area (Å²) in [5.41, 5.74) is -0.193. The third kappa shape index (κ3) is 6.35. The molecule has 0 unspecified atom stereocenters. The van der Waals surface area contributed by atoms with Gasteiger partial charge in [0.15, 0.2) is 0 Å². The topological polar surface area (TPSA) is 102 Å². The lowest BCUT2D eigenvalue weighted by atomic mass is 10.3. The number of aliphatic carboxylic acids is 1. The second kappa shape index (κ2) is 7.64. The molecular weight excluding hydrogens is 222 g/mol. The highest BCUT2D eigenvalue weighted by Crippen LogP contribution is 1.89. The molecule has 0 aromatic rings. The number of carboxylic acid groups (broad SMARTS) is 1. The summed E-state index contributed by atoms with van der Waals surface area (Å²) in [5.74, 6) is -1.57. The molecule has 82 valence electrons. The molecule has 0 rings (SSSR count). The average Bonchev–Trinajstić information content (AvgIpc) is 2.21. The van der Waals surface area contributed by atoms with E-state index in [2.05, 4.69) is 10.6 Å². The van der Waals surface area contributed by atoms with Crippen LogP contribution in [0.5, 0.6) is 0 Å². The van der Waals surface area contributed by atoms with Gasteiger partial charge in [-0.05, 0) is 0 Å². The standard InChI is InChI=1S/C8H10ClN3O3/c9-1-2-11-4-6(3-10)8(15)12-5-7(13)14/h4,11H,1-2,5H2,(H,12,15)(H,13,14)/b6-4-. The van der Waals surface area contributed by atoms with Gasteiger partial charge in [-0.3, -0.25) is 9.59 Å². The van der Waals surface area contributed by atoms with Gasteiger partial charge in [-0.25, -0.2) is 0 Å². The molecule has 0 saturated heterocycles. The number of carboxylic acids is 1. The van der Waals surface area contributed by atoms with Crippen molar-refractivity contribution in [3.63, 3.8) is 0 Å². The van der Waals surface area contributed by atoms with E-state index in [1.54, 1.807) is 6.07 Å². The molecule has 0 atom stereocenters. The van der Waals surface area contributed by atoms with E-state index in [9.17, 15) is 9.59 Å². The lowest BCUT2D eigenvalue weighted by Gasteiger charge is -2.01. The van der Waals surface area contributed by atoms with Crippen LogP contribution in [0.4, 0.5) is 0 Å². The van der Waals surface area contributed by atoms with Crippen LogP contribution in [0, 0.1) is 11.3 Å². The minimum Gasteiger partial charge on any atom is -0.480 e. The van der Waals surface area contributed by atoms with E-state index in [1.165, 1.54) is 6.20 Å². The lowest BCUT2D eigenvalue weighted by molar-refractivity contribution is -0.137. The Kier molecular flexibility index (Phi) is 6.76. The normalized spacial score (nSPS) is 10.3. The van der Waals surface area contributed by atoms with Crippen LogP contribution < -0.4 is 10.6 Å². The fourth-order valence-electron chi connectivity index (χ4n) is 0.628. The third-order valence-electron chi connectivity index (χ3n) is 1.25. The number of hydrogen-bond acceptors (Lipinski definition) is 4. The van der Waals surface area contributed by atoms with Crippen molar-refractivity contribution in [1.29, 1.82) is 5.26 Å². The number of nitrogens with one attached hydrogen (secondary N) is 2. The van der Waals surface area contributed by atoms with E-state index < -0.39 is 18.4 Å². The van der Waals surface area contributed by atoms with E-state index in [4.69, 9.17) is 22.0 Å². The first-order valence-corrected chi connectivity index (χ1v) is 4.55. The summed E-state index contributed by atoms with van der Waals surface area (Å²) in [4.78, 5) is 21.3. The van der Waals surface area contributed by atoms with Gasteiger partial charge < -0.3 is 15.7 Å². The summed E-state index contributed by atoms with van der Waals surface area (Å²) < 4.78 is 0. The highest BCUT2D eigenvalue weighted by molar-refractivity contribution is 6.18. The van der Waals surface area contributed by atoms with Crippen LogP contribution in [0.3, 0.4) is 0 Å². The van der Waals surface area contributed by atoms with Gasteiger partial charge >= 0.3 is 5.97 Å². The second-order valence-corrected chi connectivity index (χ2v) is 2.77. The summed E-state index contributed by atoms with van der Waals surface area (Å²) in [6, 6.07) is 1.64. The molecule has 6 nitrogen and oxygen atoms in total. The average molecular weight is 232 g/mol. The van der Waals surface area contributed by atoms with E-state index in [0.717, 1.165) is 0 Å². The Morgan fingerprint density at radius 3 is 2.67 bits per heavy atom. The van der Waals surface area contributed by atoms with Crippen molar-refractivity contribution < 1.29 is 14.7 Å². The number of halogens is 1. The number of nitrogens with zero attached hydrogens (tertiary/aromatic N) is 1. The molecule has 0 aromatic heterocycles. The Balaban J connectivity index is 4.17. The first-order valence-electron chi connectivity index (χ1n) is 4.01. The van der Waals surface area contributed by atoms with Crippen LogP contribution in [0.1, 0.15) is 0 Å². The van der Waals surface area contributed by atoms with Crippen LogP contribution in [0.25, 0.3) is 0 Å². The lowest BCUT2D eigenvalue weighted by Crippen LogP contribution is -2.30. The van der Waals surface area contributed by atoms with Crippen molar-refractivity contribution in [1.82, 2.24) is 10.6 Å². The zero-order valence-electron chi connectivity index (χ0n) is 7.79. The summed E-state index contributed by atoms with van der Waals surface area (Å²) in [6.45, 7) is -0.105. The fourth-order valence-corrected chi connectivity index (χ4v) is 0.738. The molecule has 0 aliphatic carbocycles. The molecule has 1 amide bonds. The van der Waals surface area contributed by atoms with Crippen molar-refractivity contribution in [2.24, 2.45) is 0 Å². The molecule has 0 bridgehead atoms. The molecule has 7 heteroatoms. The van der Waals surface area contributed by atoms with Crippen LogP contribution in [0.2, 0.25) is 0 Å². The molecule has 15 heavy (non-hydrogen) atoms. The first-order chi connectivity index (χ1) is 7.11. The maximum absolute atomic E-state index is 11.1. The van der Waals surface area contributed by atoms with E-state index in [0.29, 0.717) is 12.4 Å². The van der Waals surface area contributed by atoms with Crippen LogP contribution in [0.15, 0.2) is 11.8 Å². The monoisotopic (exact) mass is 231 g/mol. The summed E-state index contributed by atoms with van der Waals surface area (Å²) in [7, 11) is 0. The van der Waals surface area contributed by atoms with Crippen LogP contribution in [-0.2, 0) is 9.59 Å². The van der Waals surface area contributed by atoms with Crippen LogP contribution >= 0.6 is 11.6 Å². The van der Waals surface area contributed by atoms with Gasteiger partial charge in [0.2, 0.25) is 0 Å². The van der Waals surface area contributed by atoms with Gasteiger partial charge in [-0.1, -0.05) is 0 Å². The van der Waals surface area contributed by atoms with Crippen molar-refractivity contribution >= 4 is 23.5 Å². The Morgan fingerprint density at radius 1 is 1.53 bits per heavy atom. The molecule has 0 spiro atoms. The zero-order valence-corrected chi connectivity index (χ0v) is 8.54. The quantitative estimate of drug-likeness (QED) is 0.246. The minimum atomic E-state index is -1.17. The number of carbonyl (C=O) groups is 2. The van der Waals surface area contributed by atoms with Crippen molar-refractivity contribution in [3.05, 3.63) is 11.8 Å². The Morgan fingerprint density at radius 2 is 2.20 bits per heavy atom. The SMILES string of the molecule is N#C/C(=C/NCCCl)C(=O)NCC(=O)O. The van der Waals surface area contributed by atoms with Crippen molar-refractivity contribution in [3.8, 4) is 6.07 Å². The predicted molar refractivity (Wildman–Crippen MR) is 53.1 cm³/mol. The van der Waals surface area contributed by atoms with Crippen molar-refractivity contribution in [2.75, 3.05) is 19.0 Å². The van der Waals surface area contributed by atoms with Crippen LogP contribution in [-0.4, -0.2) is 36.0 Å². The molecule has 0 heterocycles. The Bertz CT molecular complexity index is 309. The number of rotatable bonds is 6. The first kappa shape index (κ1) is 13.3. The molecule has 0 aromatic carbocycles. The summed E-state index contributed by atoms with van der Waals surface area (Å²) in [5, 5.41) is 21.5. The second-order valence-electron chi connectivity index (χ2n) is 2.39. The number of carbonyl (C=O) groups excluding carboxylic acids is 1. The maximum Gasteiger partial charge on any atom is 0.322 e. The predicted octanol–water partition coefficient (Wildman–Crippen LogP) is -0.577. The van der Waals surface area contributed by atoms with Gasteiger partial charge in [0, 0.05) is 18.6 Å². The van der Waals surface area contributed by atoms with Gasteiger partial charge in [-0.15, -0.1) is 11.6 Å². The smallest absolute Gasteiger partial charge is 0.322 e. The van der Waals surface area contributed by atoms with E-state index >= 15 is 0 Å². The summed E-state index contributed by atoms with van der Waals surface area (Å²) in [6.07, 6.45) is 1.19. The Labute approximate surface area is 91.5 Å². The number of nitriles is 1. The van der Waals surface area contributed by atoms with Gasteiger partial charge in [0.05, 0.1) is 0 Å². The molecule has 0 radical (unpaired) electrons. The molecule has 0 saturated carbocycles. The van der Waals surface area contributed by atoms with Crippen molar-refractivity contribution in [2.45, 2.75) is 0 Å². The summed E-state index contributed by atoms with van der Waals surface area (Å²) >= 11 is 5.36. The molecule has 3 N–H and O–H groups in total. The molecule has 0 aliphatic heterocycles. The minimum absolute atomic E-state index is 0.193.